The van der Waals surface area contributed by atoms with Gasteiger partial charge in [0.1, 0.15) is 11.9 Å². The van der Waals surface area contributed by atoms with Crippen molar-refractivity contribution < 1.29 is 36.0 Å². The average molecular weight is 428 g/mol. The molecule has 0 saturated carbocycles. The third-order valence-electron chi connectivity index (χ3n) is 4.52. The van der Waals surface area contributed by atoms with E-state index < -0.39 is 40.3 Å². The molecule has 2 bridgehead atoms. The minimum atomic E-state index is -4.95. The molecule has 148 valence electrons. The van der Waals surface area contributed by atoms with Crippen molar-refractivity contribution in [2.45, 2.75) is 12.1 Å². The van der Waals surface area contributed by atoms with Crippen LogP contribution in [-0.4, -0.2) is 48.6 Å². The van der Waals surface area contributed by atoms with Gasteiger partial charge in [0, 0.05) is 9.75 Å². The minimum Gasteiger partial charge on any atom is -0.467 e. The SMILES string of the molecule is COC(=O)C1c2sc(-c3ccc(F)cc3)cc2[C@H]2CN1C(=O)N2OS(=O)(=O)O. The zero-order valence-electron chi connectivity index (χ0n) is 14.2. The number of urea groups is 1. The van der Waals surface area contributed by atoms with Crippen LogP contribution in [-0.2, 0) is 24.2 Å². The predicted molar refractivity (Wildman–Crippen MR) is 93.8 cm³/mol. The second-order valence-corrected chi connectivity index (χ2v) is 8.23. The quantitative estimate of drug-likeness (QED) is 0.587. The maximum atomic E-state index is 13.2. The van der Waals surface area contributed by atoms with E-state index in [0.717, 1.165) is 4.90 Å². The Balaban J connectivity index is 1.83. The van der Waals surface area contributed by atoms with E-state index in [-0.39, 0.29) is 6.54 Å². The molecule has 1 N–H and O–H groups in total. The fourth-order valence-electron chi connectivity index (χ4n) is 3.36. The second-order valence-electron chi connectivity index (χ2n) is 6.14. The maximum Gasteiger partial charge on any atom is 0.418 e. The summed E-state index contributed by atoms with van der Waals surface area (Å²) in [4.78, 5) is 27.2. The third-order valence-corrected chi connectivity index (χ3v) is 6.13. The number of nitrogens with zero attached hydrogens (tertiary/aromatic N) is 2. The summed E-state index contributed by atoms with van der Waals surface area (Å²) in [5, 5.41) is 0.526. The van der Waals surface area contributed by atoms with Gasteiger partial charge in [-0.2, -0.15) is 13.5 Å². The number of hydroxylamine groups is 2. The van der Waals surface area contributed by atoms with Crippen LogP contribution in [0.15, 0.2) is 30.3 Å². The molecular weight excluding hydrogens is 415 g/mol. The van der Waals surface area contributed by atoms with Crippen LogP contribution in [0.25, 0.3) is 10.4 Å². The fourth-order valence-corrected chi connectivity index (χ4v) is 5.06. The number of benzene rings is 1. The van der Waals surface area contributed by atoms with Crippen LogP contribution in [0.2, 0.25) is 0 Å². The number of carbonyl (C=O) groups is 2. The highest BCUT2D eigenvalue weighted by Gasteiger charge is 2.53. The van der Waals surface area contributed by atoms with E-state index in [2.05, 4.69) is 4.28 Å². The number of amides is 2. The van der Waals surface area contributed by atoms with E-state index in [4.69, 9.17) is 9.29 Å². The average Bonchev–Trinajstić information content (AvgIpc) is 3.18. The first-order chi connectivity index (χ1) is 13.2. The number of halogens is 1. The Bertz CT molecular complexity index is 1070. The summed E-state index contributed by atoms with van der Waals surface area (Å²) in [5.74, 6) is -1.10. The van der Waals surface area contributed by atoms with Gasteiger partial charge in [-0.1, -0.05) is 12.1 Å². The maximum absolute atomic E-state index is 13.2. The van der Waals surface area contributed by atoms with Crippen molar-refractivity contribution in [3.05, 3.63) is 46.6 Å². The number of hydrogen-bond acceptors (Lipinski definition) is 7. The summed E-state index contributed by atoms with van der Waals surface area (Å²) < 4.78 is 53.8. The molecule has 12 heteroatoms. The highest BCUT2D eigenvalue weighted by atomic mass is 32.3. The number of thiophene rings is 1. The lowest BCUT2D eigenvalue weighted by Gasteiger charge is -2.28. The van der Waals surface area contributed by atoms with Crippen LogP contribution in [0.3, 0.4) is 0 Å². The molecule has 0 spiro atoms. The first kappa shape index (κ1) is 18.8. The standard InChI is InChI=1S/C16H13FN2O7S2/c1-25-15(20)13-14-10(6-12(27-14)8-2-4-9(17)5-3-8)11-7-18(13)16(21)19(11)26-28(22,23)24/h2-6,11,13H,7H2,1H3,(H,22,23,24)/t11-,13?/m1/s1. The van der Waals surface area contributed by atoms with E-state index >= 15 is 0 Å². The van der Waals surface area contributed by atoms with E-state index in [1.54, 1.807) is 18.2 Å². The molecule has 1 fully saturated rings. The second kappa shape index (κ2) is 6.51. The molecule has 28 heavy (non-hydrogen) atoms. The Kier molecular flexibility index (Phi) is 4.38. The summed E-state index contributed by atoms with van der Waals surface area (Å²) in [6.07, 6.45) is 0. The van der Waals surface area contributed by atoms with Crippen molar-refractivity contribution in [1.29, 1.82) is 0 Å². The van der Waals surface area contributed by atoms with Crippen LogP contribution in [0.1, 0.15) is 22.5 Å². The highest BCUT2D eigenvalue weighted by molar-refractivity contribution is 7.80. The summed E-state index contributed by atoms with van der Waals surface area (Å²) in [5.41, 5.74) is 1.18. The summed E-state index contributed by atoms with van der Waals surface area (Å²) >= 11 is 1.20. The van der Waals surface area contributed by atoms with Crippen molar-refractivity contribution in [2.75, 3.05) is 13.7 Å². The van der Waals surface area contributed by atoms with Gasteiger partial charge >= 0.3 is 22.4 Å². The molecule has 2 aliphatic rings. The van der Waals surface area contributed by atoms with Gasteiger partial charge in [-0.25, -0.2) is 14.0 Å². The van der Waals surface area contributed by atoms with Crippen molar-refractivity contribution in [2.24, 2.45) is 0 Å². The lowest BCUT2D eigenvalue weighted by Crippen LogP contribution is -2.38. The van der Waals surface area contributed by atoms with Gasteiger partial charge in [-0.3, -0.25) is 4.55 Å². The van der Waals surface area contributed by atoms with Crippen LogP contribution in [0, 0.1) is 5.82 Å². The molecule has 9 nitrogen and oxygen atoms in total. The zero-order valence-corrected chi connectivity index (χ0v) is 15.9. The minimum absolute atomic E-state index is 0.0271. The Morgan fingerprint density at radius 1 is 1.32 bits per heavy atom. The normalized spacial score (nSPS) is 21.0. The van der Waals surface area contributed by atoms with Crippen LogP contribution >= 0.6 is 11.3 Å². The van der Waals surface area contributed by atoms with E-state index in [9.17, 15) is 22.4 Å². The number of hydrogen-bond donors (Lipinski definition) is 1. The summed E-state index contributed by atoms with van der Waals surface area (Å²) in [6.45, 7) is -0.0271. The number of fused-ring (bicyclic) bond motifs is 4. The molecule has 4 rings (SSSR count). The Labute approximate surface area is 162 Å². The Hall–Kier alpha value is -2.54. The lowest BCUT2D eigenvalue weighted by molar-refractivity contribution is -0.146. The molecule has 2 aliphatic heterocycles. The molecule has 3 heterocycles. The highest BCUT2D eigenvalue weighted by Crippen LogP contribution is 2.49. The van der Waals surface area contributed by atoms with Crippen LogP contribution in [0.4, 0.5) is 9.18 Å². The van der Waals surface area contributed by atoms with Gasteiger partial charge < -0.3 is 9.64 Å². The molecule has 1 aromatic heterocycles. The molecule has 1 aromatic carbocycles. The molecule has 1 saturated heterocycles. The lowest BCUT2D eigenvalue weighted by atomic mass is 9.98. The number of ether oxygens (including phenoxy) is 1. The Morgan fingerprint density at radius 3 is 2.61 bits per heavy atom. The molecule has 0 aliphatic carbocycles. The number of carbonyl (C=O) groups excluding carboxylic acids is 2. The first-order valence-electron chi connectivity index (χ1n) is 7.94. The number of rotatable bonds is 4. The Morgan fingerprint density at radius 2 is 2.00 bits per heavy atom. The van der Waals surface area contributed by atoms with Gasteiger partial charge in [0.15, 0.2) is 6.04 Å². The molecular formula is C16H13FN2O7S2. The van der Waals surface area contributed by atoms with Crippen molar-refractivity contribution >= 4 is 33.7 Å². The monoisotopic (exact) mass is 428 g/mol. The third kappa shape index (κ3) is 3.03. The largest absolute Gasteiger partial charge is 0.467 e. The van der Waals surface area contributed by atoms with Crippen molar-refractivity contribution in [3.8, 4) is 10.4 Å². The van der Waals surface area contributed by atoms with Gasteiger partial charge in [-0.05, 0) is 29.3 Å². The predicted octanol–water partition coefficient (Wildman–Crippen LogP) is 2.29. The molecule has 2 aromatic rings. The van der Waals surface area contributed by atoms with Gasteiger partial charge in [0.05, 0.1) is 13.7 Å². The number of esters is 1. The topological polar surface area (TPSA) is 113 Å². The van der Waals surface area contributed by atoms with E-state index in [1.807, 2.05) is 0 Å². The van der Waals surface area contributed by atoms with Crippen molar-refractivity contribution in [3.63, 3.8) is 0 Å². The van der Waals surface area contributed by atoms with Gasteiger partial charge in [-0.15, -0.1) is 15.6 Å². The smallest absolute Gasteiger partial charge is 0.418 e. The molecule has 1 unspecified atom stereocenters. The zero-order chi connectivity index (χ0) is 20.2. The van der Waals surface area contributed by atoms with Crippen LogP contribution in [0.5, 0.6) is 0 Å². The summed E-state index contributed by atoms with van der Waals surface area (Å²) in [6, 6.07) is 4.58. The number of methoxy groups -OCH3 is 1. The molecule has 0 radical (unpaired) electrons. The first-order valence-corrected chi connectivity index (χ1v) is 10.1. The van der Waals surface area contributed by atoms with Crippen molar-refractivity contribution in [1.82, 2.24) is 9.96 Å². The molecule has 2 amide bonds. The molecule has 2 atom stereocenters. The van der Waals surface area contributed by atoms with Crippen LogP contribution < -0.4 is 0 Å². The van der Waals surface area contributed by atoms with Gasteiger partial charge in [0.25, 0.3) is 0 Å². The van der Waals surface area contributed by atoms with E-state index in [1.165, 1.54) is 30.6 Å². The van der Waals surface area contributed by atoms with E-state index in [0.29, 0.717) is 25.9 Å². The summed E-state index contributed by atoms with van der Waals surface area (Å²) in [7, 11) is -3.77. The fraction of sp³-hybridized carbons (Fsp3) is 0.250. The van der Waals surface area contributed by atoms with Gasteiger partial charge in [0.2, 0.25) is 0 Å².